The number of pyridine rings is 1. The molecule has 0 unspecified atom stereocenters. The number of carbonyl (C=O) groups excluding carboxylic acids is 2. The fourth-order valence-electron chi connectivity index (χ4n) is 2.87. The van der Waals surface area contributed by atoms with Crippen molar-refractivity contribution in [3.63, 3.8) is 0 Å². The number of hydrogen-bond donors (Lipinski definition) is 1. The molecule has 0 aromatic carbocycles. The van der Waals surface area contributed by atoms with Crippen molar-refractivity contribution in [2.45, 2.75) is 19.0 Å². The summed E-state index contributed by atoms with van der Waals surface area (Å²) in [7, 11) is 0. The van der Waals surface area contributed by atoms with E-state index in [4.69, 9.17) is 0 Å². The van der Waals surface area contributed by atoms with E-state index in [0.29, 0.717) is 53.4 Å². The summed E-state index contributed by atoms with van der Waals surface area (Å²) in [6, 6.07) is 3.53. The number of imide groups is 1. The second kappa shape index (κ2) is 8.40. The van der Waals surface area contributed by atoms with Gasteiger partial charge in [-0.3, -0.25) is 14.9 Å². The third kappa shape index (κ3) is 4.15. The summed E-state index contributed by atoms with van der Waals surface area (Å²) in [5.74, 6) is 0.239. The second-order valence-electron chi connectivity index (χ2n) is 5.82. The zero-order valence-corrected chi connectivity index (χ0v) is 18.0. The molecule has 4 rings (SSSR count). The predicted molar refractivity (Wildman–Crippen MR) is 93.9 cm³/mol. The number of carbonyl (C=O) groups is 2. The van der Waals surface area contributed by atoms with Gasteiger partial charge in [0.1, 0.15) is 18.0 Å². The molecule has 2 aliphatic heterocycles. The van der Waals surface area contributed by atoms with Crippen molar-refractivity contribution < 1.29 is 66.8 Å². The van der Waals surface area contributed by atoms with E-state index < -0.39 is 17.3 Å². The molecule has 2 aromatic rings. The van der Waals surface area contributed by atoms with Gasteiger partial charge in [0.15, 0.2) is 5.82 Å². The number of anilines is 1. The van der Waals surface area contributed by atoms with Crippen LogP contribution in [0.25, 0.3) is 17.1 Å². The maximum absolute atomic E-state index is 13.4. The molecule has 0 spiro atoms. The van der Waals surface area contributed by atoms with Crippen LogP contribution >= 0.6 is 11.8 Å². The van der Waals surface area contributed by atoms with Crippen molar-refractivity contribution in [2.24, 2.45) is 0 Å². The molecule has 130 valence electrons. The fraction of sp³-hybridized carbons (Fsp3) is 0.312. The number of amides is 2. The van der Waals surface area contributed by atoms with Crippen LogP contribution in [0.5, 0.6) is 0 Å². The molecule has 0 bridgehead atoms. The van der Waals surface area contributed by atoms with Gasteiger partial charge in [-0.05, 0) is 42.8 Å². The van der Waals surface area contributed by atoms with Crippen LogP contribution in [0.15, 0.2) is 23.4 Å². The number of halogens is 1. The maximum atomic E-state index is 13.4. The minimum Gasteiger partial charge on any atom is -1.00 e. The Morgan fingerprint density at radius 2 is 2.04 bits per heavy atom. The number of piperidine rings is 1. The number of rotatable bonds is 2. The van der Waals surface area contributed by atoms with Gasteiger partial charge in [0, 0.05) is 13.1 Å². The summed E-state index contributed by atoms with van der Waals surface area (Å²) in [5.41, 5.74) is 1.81. The van der Waals surface area contributed by atoms with E-state index in [0.717, 1.165) is 11.8 Å². The van der Waals surface area contributed by atoms with E-state index in [1.54, 1.807) is 18.2 Å². The smallest absolute Gasteiger partial charge is 1.00 e. The molecule has 0 atom stereocenters. The van der Waals surface area contributed by atoms with Crippen LogP contribution in [0, 0.1) is 0 Å². The van der Waals surface area contributed by atoms with Crippen LogP contribution in [-0.4, -0.2) is 45.4 Å². The van der Waals surface area contributed by atoms with E-state index in [1.165, 1.54) is 6.33 Å². The van der Waals surface area contributed by atoms with Crippen LogP contribution in [-0.2, 0) is 4.79 Å². The molecule has 0 radical (unpaired) electrons. The van der Waals surface area contributed by atoms with Crippen LogP contribution in [0.1, 0.15) is 20.0 Å². The van der Waals surface area contributed by atoms with Gasteiger partial charge < -0.3 is 6.33 Å². The van der Waals surface area contributed by atoms with E-state index in [2.05, 4.69) is 20.3 Å². The first-order valence-electron chi connectivity index (χ1n) is 7.86. The molecular weight excluding hydrogens is 384 g/mol. The van der Waals surface area contributed by atoms with Gasteiger partial charge in [0.2, 0.25) is 0 Å². The van der Waals surface area contributed by atoms with Crippen molar-refractivity contribution in [3.8, 4) is 0 Å². The quantitative estimate of drug-likeness (QED) is 0.533. The SMILES string of the molecule is O=C1NC(=O)/C(=C/c2ccc3ncnc(N4CCC(F)CC4)c3n2)S1.[H-].[K+]. The molecule has 26 heavy (non-hydrogen) atoms. The van der Waals surface area contributed by atoms with Crippen molar-refractivity contribution in [1.29, 1.82) is 0 Å². The first-order valence-corrected chi connectivity index (χ1v) is 8.67. The van der Waals surface area contributed by atoms with E-state index in [9.17, 15) is 14.0 Å². The van der Waals surface area contributed by atoms with Gasteiger partial charge in [0.05, 0.1) is 16.1 Å². The predicted octanol–water partition coefficient (Wildman–Crippen LogP) is -0.596. The molecular formula is C16H15FKN5O2S. The standard InChI is InChI=1S/C16H14FN5O2S.K.H/c17-9-3-5-22(6-4-9)14-13-11(18-8-19-14)2-1-10(20-13)7-12-15(23)21-16(24)25-12;;/h1-2,7-9H,3-6H2,(H,21,23,24);;/q;+1;-1/b12-7-;;. The summed E-state index contributed by atoms with van der Waals surface area (Å²) >= 11 is 0.845. The molecule has 10 heteroatoms. The Bertz CT molecular complexity index is 908. The average molecular weight is 399 g/mol. The molecule has 0 aliphatic carbocycles. The number of fused-ring (bicyclic) bond motifs is 1. The van der Waals surface area contributed by atoms with Crippen molar-refractivity contribution in [2.75, 3.05) is 18.0 Å². The molecule has 0 saturated carbocycles. The van der Waals surface area contributed by atoms with Crippen LogP contribution in [0.3, 0.4) is 0 Å². The molecule has 2 saturated heterocycles. The summed E-state index contributed by atoms with van der Waals surface area (Å²) < 4.78 is 13.4. The van der Waals surface area contributed by atoms with E-state index >= 15 is 0 Å². The average Bonchev–Trinajstić information content (AvgIpc) is 2.92. The van der Waals surface area contributed by atoms with E-state index in [-0.39, 0.29) is 52.8 Å². The summed E-state index contributed by atoms with van der Waals surface area (Å²) in [4.78, 5) is 38.3. The summed E-state index contributed by atoms with van der Waals surface area (Å²) in [5, 5.41) is 1.82. The third-order valence-corrected chi connectivity index (χ3v) is 4.94. The van der Waals surface area contributed by atoms with Crippen LogP contribution in [0.2, 0.25) is 0 Å². The van der Waals surface area contributed by atoms with Crippen LogP contribution < -0.4 is 61.6 Å². The molecule has 2 amide bonds. The number of hydrogen-bond acceptors (Lipinski definition) is 7. The third-order valence-electron chi connectivity index (χ3n) is 4.13. The minimum atomic E-state index is -0.770. The normalized spacial score (nSPS) is 19.7. The Labute approximate surface area is 197 Å². The number of alkyl halides is 1. The Morgan fingerprint density at radius 1 is 1.27 bits per heavy atom. The monoisotopic (exact) mass is 399 g/mol. The van der Waals surface area contributed by atoms with Gasteiger partial charge in [-0.1, -0.05) is 0 Å². The zero-order valence-electron chi connectivity index (χ0n) is 15.1. The number of nitrogens with zero attached hydrogens (tertiary/aromatic N) is 4. The maximum Gasteiger partial charge on any atom is 1.00 e. The topological polar surface area (TPSA) is 88.1 Å². The van der Waals surface area contributed by atoms with Crippen molar-refractivity contribution in [3.05, 3.63) is 29.1 Å². The van der Waals surface area contributed by atoms with Gasteiger partial charge in [0.25, 0.3) is 11.1 Å². The zero-order chi connectivity index (χ0) is 17.4. The first kappa shape index (κ1) is 19.8. The molecule has 2 aliphatic rings. The van der Waals surface area contributed by atoms with Gasteiger partial charge in [-0.25, -0.2) is 19.3 Å². The van der Waals surface area contributed by atoms with Gasteiger partial charge in [-0.2, -0.15) is 0 Å². The first-order chi connectivity index (χ1) is 12.1. The number of thioether (sulfide) groups is 1. The molecule has 4 heterocycles. The van der Waals surface area contributed by atoms with E-state index in [1.807, 2.05) is 4.90 Å². The Morgan fingerprint density at radius 3 is 2.73 bits per heavy atom. The second-order valence-corrected chi connectivity index (χ2v) is 6.83. The minimum absolute atomic E-state index is 0. The fourth-order valence-corrected chi connectivity index (χ4v) is 3.54. The molecule has 7 nitrogen and oxygen atoms in total. The van der Waals surface area contributed by atoms with Gasteiger partial charge >= 0.3 is 51.4 Å². The Hall–Kier alpha value is -0.914. The molecule has 1 N–H and O–H groups in total. The summed E-state index contributed by atoms with van der Waals surface area (Å²) in [6.07, 6.45) is 3.20. The van der Waals surface area contributed by atoms with Gasteiger partial charge in [-0.15, -0.1) is 0 Å². The van der Waals surface area contributed by atoms with Crippen molar-refractivity contribution in [1.82, 2.24) is 20.3 Å². The Balaban J connectivity index is 0.00000131. The largest absolute Gasteiger partial charge is 1.00 e. The number of nitrogens with one attached hydrogen (secondary N) is 1. The molecule has 2 aromatic heterocycles. The van der Waals surface area contributed by atoms with Crippen LogP contribution in [0.4, 0.5) is 15.0 Å². The molecule has 2 fully saturated rings. The Kier molecular flexibility index (Phi) is 6.41. The van der Waals surface area contributed by atoms with Crippen molar-refractivity contribution >= 4 is 45.8 Å². The number of aromatic nitrogens is 3. The summed E-state index contributed by atoms with van der Waals surface area (Å²) in [6.45, 7) is 1.15.